The van der Waals surface area contributed by atoms with E-state index in [9.17, 15) is 13.2 Å². The summed E-state index contributed by atoms with van der Waals surface area (Å²) in [5.74, 6) is -0.449. The van der Waals surface area contributed by atoms with Crippen LogP contribution in [0.25, 0.3) is 11.3 Å². The van der Waals surface area contributed by atoms with E-state index in [0.717, 1.165) is 0 Å². The van der Waals surface area contributed by atoms with Crippen molar-refractivity contribution in [2.75, 3.05) is 6.61 Å². The van der Waals surface area contributed by atoms with Crippen LogP contribution < -0.4 is 4.74 Å². The molecule has 0 amide bonds. The molecule has 1 N–H and O–H groups in total. The first-order valence-electron chi connectivity index (χ1n) is 8.08. The Bertz CT molecular complexity index is 758. The van der Waals surface area contributed by atoms with Crippen LogP contribution >= 0.6 is 0 Å². The van der Waals surface area contributed by atoms with E-state index in [1.807, 2.05) is 6.07 Å². The van der Waals surface area contributed by atoms with Crippen LogP contribution in [-0.4, -0.2) is 28.2 Å². The summed E-state index contributed by atoms with van der Waals surface area (Å²) in [5.41, 5.74) is 1.34. The van der Waals surface area contributed by atoms with Crippen molar-refractivity contribution >= 4 is 0 Å². The second kappa shape index (κ2) is 7.13. The summed E-state index contributed by atoms with van der Waals surface area (Å²) in [6.07, 6.45) is -2.71. The normalized spacial score (nSPS) is 20.9. The SMILES string of the molecule is N#Cc1n[nH]nc1-c1cccc(OCC2CCC(C(F)(F)F)CC2)c1. The van der Waals surface area contributed by atoms with E-state index in [1.165, 1.54) is 0 Å². The number of aromatic amines is 1. The maximum Gasteiger partial charge on any atom is 0.391 e. The number of ether oxygens (including phenoxy) is 1. The number of alkyl halides is 3. The standard InChI is InChI=1S/C17H17F3N4O/c18-17(19,20)13-6-4-11(5-7-13)10-25-14-3-1-2-12(8-14)16-15(9-21)22-24-23-16/h1-3,8,11,13H,4-7,10H2,(H,22,23,24). The summed E-state index contributed by atoms with van der Waals surface area (Å²) in [5, 5.41) is 19.1. The Labute approximate surface area is 142 Å². The lowest BCUT2D eigenvalue weighted by molar-refractivity contribution is -0.184. The van der Waals surface area contributed by atoms with Gasteiger partial charge in [0.25, 0.3) is 0 Å². The minimum absolute atomic E-state index is 0.129. The van der Waals surface area contributed by atoms with Crippen molar-refractivity contribution in [2.45, 2.75) is 31.9 Å². The third-order valence-corrected chi connectivity index (χ3v) is 4.56. The molecule has 1 saturated carbocycles. The molecule has 1 aliphatic rings. The molecule has 8 heteroatoms. The average Bonchev–Trinajstić information content (AvgIpc) is 3.08. The molecule has 1 heterocycles. The minimum Gasteiger partial charge on any atom is -0.493 e. The predicted octanol–water partition coefficient (Wildman–Crippen LogP) is 4.09. The van der Waals surface area contributed by atoms with E-state index in [-0.39, 0.29) is 24.5 Å². The number of nitrogens with zero attached hydrogens (tertiary/aromatic N) is 3. The first-order chi connectivity index (χ1) is 12.0. The fraction of sp³-hybridized carbons (Fsp3) is 0.471. The van der Waals surface area contributed by atoms with Crippen molar-refractivity contribution in [3.8, 4) is 23.1 Å². The second-order valence-electron chi connectivity index (χ2n) is 6.23. The van der Waals surface area contributed by atoms with Gasteiger partial charge in [-0.25, -0.2) is 0 Å². The lowest BCUT2D eigenvalue weighted by Crippen LogP contribution is -2.29. The highest BCUT2D eigenvalue weighted by atomic mass is 19.4. The Morgan fingerprint density at radius 3 is 2.64 bits per heavy atom. The van der Waals surface area contributed by atoms with Crippen LogP contribution in [0.15, 0.2) is 24.3 Å². The molecule has 5 nitrogen and oxygen atoms in total. The molecule has 1 aliphatic carbocycles. The van der Waals surface area contributed by atoms with E-state index < -0.39 is 12.1 Å². The zero-order valence-electron chi connectivity index (χ0n) is 13.4. The quantitative estimate of drug-likeness (QED) is 0.901. The molecular formula is C17H17F3N4O. The van der Waals surface area contributed by atoms with Gasteiger partial charge in [-0.2, -0.15) is 28.7 Å². The Morgan fingerprint density at radius 1 is 1.20 bits per heavy atom. The van der Waals surface area contributed by atoms with Crippen molar-refractivity contribution in [3.63, 3.8) is 0 Å². The summed E-state index contributed by atoms with van der Waals surface area (Å²) in [6.45, 7) is 0.387. The first-order valence-corrected chi connectivity index (χ1v) is 8.08. The summed E-state index contributed by atoms with van der Waals surface area (Å²) < 4.78 is 43.8. The van der Waals surface area contributed by atoms with Crippen LogP contribution in [0.4, 0.5) is 13.2 Å². The van der Waals surface area contributed by atoms with Gasteiger partial charge in [-0.15, -0.1) is 5.10 Å². The van der Waals surface area contributed by atoms with Gasteiger partial charge >= 0.3 is 6.18 Å². The van der Waals surface area contributed by atoms with E-state index in [0.29, 0.717) is 36.5 Å². The summed E-state index contributed by atoms with van der Waals surface area (Å²) >= 11 is 0. The summed E-state index contributed by atoms with van der Waals surface area (Å²) in [4.78, 5) is 0. The van der Waals surface area contributed by atoms with Crippen LogP contribution in [0.3, 0.4) is 0 Å². The average molecular weight is 350 g/mol. The third kappa shape index (κ3) is 4.10. The van der Waals surface area contributed by atoms with Gasteiger partial charge in [0.2, 0.25) is 0 Å². The number of hydrogen-bond acceptors (Lipinski definition) is 4. The Balaban J connectivity index is 1.58. The topological polar surface area (TPSA) is 74.6 Å². The van der Waals surface area contributed by atoms with Crippen LogP contribution in [0.5, 0.6) is 5.75 Å². The molecule has 1 fully saturated rings. The Kier molecular flexibility index (Phi) is 4.93. The lowest BCUT2D eigenvalue weighted by atomic mass is 9.82. The molecule has 0 atom stereocenters. The van der Waals surface area contributed by atoms with E-state index in [1.54, 1.807) is 24.3 Å². The van der Waals surface area contributed by atoms with Crippen LogP contribution in [0, 0.1) is 23.2 Å². The van der Waals surface area contributed by atoms with E-state index >= 15 is 0 Å². The Hall–Kier alpha value is -2.56. The van der Waals surface area contributed by atoms with Crippen molar-refractivity contribution < 1.29 is 17.9 Å². The molecule has 1 aromatic heterocycles. The zero-order chi connectivity index (χ0) is 17.9. The van der Waals surface area contributed by atoms with E-state index in [4.69, 9.17) is 10.00 Å². The number of benzene rings is 1. The zero-order valence-corrected chi connectivity index (χ0v) is 13.4. The van der Waals surface area contributed by atoms with Crippen molar-refractivity contribution in [1.29, 1.82) is 5.26 Å². The molecule has 0 aliphatic heterocycles. The highest BCUT2D eigenvalue weighted by Gasteiger charge is 2.41. The fourth-order valence-corrected chi connectivity index (χ4v) is 3.11. The molecule has 0 unspecified atom stereocenters. The Morgan fingerprint density at radius 2 is 1.96 bits per heavy atom. The fourth-order valence-electron chi connectivity index (χ4n) is 3.11. The van der Waals surface area contributed by atoms with Crippen molar-refractivity contribution in [1.82, 2.24) is 15.4 Å². The number of nitriles is 1. The largest absolute Gasteiger partial charge is 0.493 e. The maximum atomic E-state index is 12.7. The van der Waals surface area contributed by atoms with Gasteiger partial charge in [0.15, 0.2) is 5.69 Å². The van der Waals surface area contributed by atoms with Crippen LogP contribution in [0.1, 0.15) is 31.4 Å². The molecule has 132 valence electrons. The smallest absolute Gasteiger partial charge is 0.391 e. The van der Waals surface area contributed by atoms with Gasteiger partial charge in [0.05, 0.1) is 12.5 Å². The van der Waals surface area contributed by atoms with Crippen LogP contribution in [0.2, 0.25) is 0 Å². The van der Waals surface area contributed by atoms with Crippen LogP contribution in [-0.2, 0) is 0 Å². The molecule has 2 aromatic rings. The number of H-pyrrole nitrogens is 1. The number of rotatable bonds is 4. The summed E-state index contributed by atoms with van der Waals surface area (Å²) in [7, 11) is 0. The monoisotopic (exact) mass is 350 g/mol. The molecule has 0 radical (unpaired) electrons. The third-order valence-electron chi connectivity index (χ3n) is 4.56. The molecular weight excluding hydrogens is 333 g/mol. The predicted molar refractivity (Wildman–Crippen MR) is 83.5 cm³/mol. The number of halogens is 3. The van der Waals surface area contributed by atoms with Gasteiger partial charge in [-0.05, 0) is 43.7 Å². The summed E-state index contributed by atoms with van der Waals surface area (Å²) in [6, 6.07) is 9.05. The van der Waals surface area contributed by atoms with Crippen molar-refractivity contribution in [2.24, 2.45) is 11.8 Å². The van der Waals surface area contributed by atoms with Gasteiger partial charge in [-0.1, -0.05) is 12.1 Å². The molecule has 1 aromatic carbocycles. The van der Waals surface area contributed by atoms with Gasteiger partial charge < -0.3 is 4.74 Å². The minimum atomic E-state index is -4.09. The van der Waals surface area contributed by atoms with E-state index in [2.05, 4.69) is 15.4 Å². The number of nitrogens with one attached hydrogen (secondary N) is 1. The second-order valence-corrected chi connectivity index (χ2v) is 6.23. The molecule has 0 bridgehead atoms. The number of aromatic nitrogens is 3. The highest BCUT2D eigenvalue weighted by Crippen LogP contribution is 2.39. The number of hydrogen-bond donors (Lipinski definition) is 1. The lowest BCUT2D eigenvalue weighted by Gasteiger charge is -2.29. The molecule has 0 spiro atoms. The molecule has 25 heavy (non-hydrogen) atoms. The van der Waals surface area contributed by atoms with Crippen molar-refractivity contribution in [3.05, 3.63) is 30.0 Å². The first kappa shape index (κ1) is 17.3. The highest BCUT2D eigenvalue weighted by molar-refractivity contribution is 5.65. The van der Waals surface area contributed by atoms with Gasteiger partial charge in [-0.3, -0.25) is 0 Å². The molecule has 0 saturated heterocycles. The molecule has 3 rings (SSSR count). The van der Waals surface area contributed by atoms with Gasteiger partial charge in [0, 0.05) is 5.56 Å². The van der Waals surface area contributed by atoms with Gasteiger partial charge in [0.1, 0.15) is 17.5 Å². The maximum absolute atomic E-state index is 12.7.